The van der Waals surface area contributed by atoms with E-state index in [-0.39, 0.29) is 28.9 Å². The van der Waals surface area contributed by atoms with Gasteiger partial charge in [-0.05, 0) is 104 Å². The monoisotopic (exact) mass is 508 g/mol. The summed E-state index contributed by atoms with van der Waals surface area (Å²) in [6.07, 6.45) is 9.31. The largest absolute Gasteiger partial charge is 0.469 e. The van der Waals surface area contributed by atoms with E-state index < -0.39 is 0 Å². The van der Waals surface area contributed by atoms with Crippen LogP contribution in [0.5, 0.6) is 0 Å². The summed E-state index contributed by atoms with van der Waals surface area (Å²) < 4.78 is 10.8. The molecule has 1 aromatic carbocycles. The molecule has 4 saturated carbocycles. The predicted octanol–water partition coefficient (Wildman–Crippen LogP) is 6.64. The fraction of sp³-hybridized carbons (Fsp3) is 0.719. The highest BCUT2D eigenvalue weighted by atomic mass is 16.5. The van der Waals surface area contributed by atoms with Crippen LogP contribution >= 0.6 is 0 Å². The Morgan fingerprint density at radius 2 is 1.78 bits per heavy atom. The minimum absolute atomic E-state index is 0.0292. The van der Waals surface area contributed by atoms with Crippen molar-refractivity contribution in [2.24, 2.45) is 46.3 Å². The zero-order valence-electron chi connectivity index (χ0n) is 23.0. The average Bonchev–Trinajstić information content (AvgIpc) is 3.27. The summed E-state index contributed by atoms with van der Waals surface area (Å²) in [6, 6.07) is 9.29. The van der Waals surface area contributed by atoms with Gasteiger partial charge in [0.2, 0.25) is 0 Å². The Bertz CT molecular complexity index is 1020. The van der Waals surface area contributed by atoms with Crippen LogP contribution in [0.4, 0.5) is 0 Å². The Labute approximate surface area is 222 Å². The van der Waals surface area contributed by atoms with Gasteiger partial charge in [0, 0.05) is 18.3 Å². The number of ether oxygens (including phenoxy) is 2. The van der Waals surface area contributed by atoms with Gasteiger partial charge < -0.3 is 9.47 Å². The molecule has 4 fully saturated rings. The molecule has 0 unspecified atom stereocenters. The standard InChI is InChI=1S/C32H44O5/c1-20(10-15-29(34)36-4)25-13-14-26-24-12-11-22-18-23(37-30(35)21-8-6-5-7-9-21)16-17-31(22,2)27(24)19-28(33)32(25,26)3/h5-9,20,22-27H,10-19H2,1-4H3/t20-,22+,23+,24-,25-,26+,27+,31-,32+/m0/s1. The lowest BCUT2D eigenvalue weighted by molar-refractivity contribution is -0.160. The molecule has 0 heterocycles. The fourth-order valence-corrected chi connectivity index (χ4v) is 9.42. The second-order valence-electron chi connectivity index (χ2n) is 13.0. The zero-order chi connectivity index (χ0) is 26.4. The first-order chi connectivity index (χ1) is 17.7. The molecule has 4 aliphatic carbocycles. The highest BCUT2D eigenvalue weighted by Gasteiger charge is 2.64. The Kier molecular flexibility index (Phi) is 7.28. The van der Waals surface area contributed by atoms with Gasteiger partial charge in [0.1, 0.15) is 11.9 Å². The first-order valence-electron chi connectivity index (χ1n) is 14.5. The number of benzene rings is 1. The summed E-state index contributed by atoms with van der Waals surface area (Å²) in [7, 11) is 1.45. The number of carbonyl (C=O) groups excluding carboxylic acids is 3. The van der Waals surface area contributed by atoms with Crippen molar-refractivity contribution in [3.05, 3.63) is 35.9 Å². The number of methoxy groups -OCH3 is 1. The summed E-state index contributed by atoms with van der Waals surface area (Å²) >= 11 is 0. The normalized spacial score (nSPS) is 39.6. The van der Waals surface area contributed by atoms with Gasteiger partial charge in [-0.25, -0.2) is 4.79 Å². The van der Waals surface area contributed by atoms with E-state index in [1.807, 2.05) is 30.3 Å². The SMILES string of the molecule is COC(=O)CC[C@H](C)[C@@H]1CC[C@@H]2[C@@H]3CC[C@@H]4C[C@H](OC(=O)c5ccccc5)CC[C@]4(C)[C@@H]3CC(=O)[C@@]21C. The van der Waals surface area contributed by atoms with Gasteiger partial charge in [-0.15, -0.1) is 0 Å². The van der Waals surface area contributed by atoms with E-state index in [0.29, 0.717) is 59.7 Å². The topological polar surface area (TPSA) is 69.7 Å². The Morgan fingerprint density at radius 3 is 2.51 bits per heavy atom. The molecule has 0 bridgehead atoms. The number of hydrogen-bond donors (Lipinski definition) is 0. The molecule has 0 N–H and O–H groups in total. The van der Waals surface area contributed by atoms with Crippen LogP contribution in [0.2, 0.25) is 0 Å². The molecular weight excluding hydrogens is 464 g/mol. The van der Waals surface area contributed by atoms with Crippen LogP contribution in [0, 0.1) is 46.3 Å². The molecule has 5 nitrogen and oxygen atoms in total. The second-order valence-corrected chi connectivity index (χ2v) is 13.0. The van der Waals surface area contributed by atoms with E-state index in [4.69, 9.17) is 9.47 Å². The molecule has 0 amide bonds. The number of fused-ring (bicyclic) bond motifs is 5. The van der Waals surface area contributed by atoms with E-state index >= 15 is 0 Å². The quantitative estimate of drug-likeness (QED) is 0.403. The van der Waals surface area contributed by atoms with E-state index in [1.54, 1.807) is 0 Å². The van der Waals surface area contributed by atoms with Crippen molar-refractivity contribution in [3.8, 4) is 0 Å². The van der Waals surface area contributed by atoms with Crippen LogP contribution in [0.3, 0.4) is 0 Å². The molecule has 5 heteroatoms. The minimum Gasteiger partial charge on any atom is -0.469 e. The van der Waals surface area contributed by atoms with Crippen molar-refractivity contribution < 1.29 is 23.9 Å². The number of carbonyl (C=O) groups is 3. The average molecular weight is 509 g/mol. The van der Waals surface area contributed by atoms with E-state index in [9.17, 15) is 14.4 Å². The molecule has 0 aliphatic heterocycles. The van der Waals surface area contributed by atoms with Gasteiger partial charge in [0.05, 0.1) is 12.7 Å². The smallest absolute Gasteiger partial charge is 0.338 e. The van der Waals surface area contributed by atoms with Gasteiger partial charge in [0.25, 0.3) is 0 Å². The Hall–Kier alpha value is -2.17. The molecule has 4 aliphatic rings. The van der Waals surface area contributed by atoms with Crippen LogP contribution in [0.15, 0.2) is 30.3 Å². The number of Topliss-reactive ketones (excluding diaryl/α,β-unsaturated/α-hetero) is 1. The molecular formula is C32H44O5. The molecule has 0 spiro atoms. The maximum atomic E-state index is 14.0. The third-order valence-electron chi connectivity index (χ3n) is 11.6. The molecule has 1 aromatic rings. The molecule has 0 saturated heterocycles. The van der Waals surface area contributed by atoms with Crippen molar-refractivity contribution in [1.82, 2.24) is 0 Å². The predicted molar refractivity (Wildman–Crippen MR) is 142 cm³/mol. The first-order valence-corrected chi connectivity index (χ1v) is 14.5. The number of ketones is 1. The molecule has 5 rings (SSSR count). The second kappa shape index (κ2) is 10.2. The van der Waals surface area contributed by atoms with Gasteiger partial charge in [0.15, 0.2) is 0 Å². The number of esters is 2. The van der Waals surface area contributed by atoms with Crippen LogP contribution in [-0.4, -0.2) is 30.9 Å². The van der Waals surface area contributed by atoms with Crippen molar-refractivity contribution in [1.29, 1.82) is 0 Å². The van der Waals surface area contributed by atoms with Gasteiger partial charge in [-0.3, -0.25) is 9.59 Å². The maximum Gasteiger partial charge on any atom is 0.338 e. The molecule has 202 valence electrons. The van der Waals surface area contributed by atoms with Crippen molar-refractivity contribution in [3.63, 3.8) is 0 Å². The van der Waals surface area contributed by atoms with Gasteiger partial charge in [-0.2, -0.15) is 0 Å². The van der Waals surface area contributed by atoms with Crippen LogP contribution in [0.1, 0.15) is 95.3 Å². The van der Waals surface area contributed by atoms with E-state index in [2.05, 4.69) is 20.8 Å². The minimum atomic E-state index is -0.262. The molecule has 0 aromatic heterocycles. The van der Waals surface area contributed by atoms with Crippen molar-refractivity contribution >= 4 is 17.7 Å². The third-order valence-corrected chi connectivity index (χ3v) is 11.6. The summed E-state index contributed by atoms with van der Waals surface area (Å²) in [5, 5.41) is 0. The van der Waals surface area contributed by atoms with Crippen molar-refractivity contribution in [2.45, 2.75) is 91.1 Å². The fourth-order valence-electron chi connectivity index (χ4n) is 9.42. The van der Waals surface area contributed by atoms with E-state index in [0.717, 1.165) is 38.5 Å². The van der Waals surface area contributed by atoms with Crippen LogP contribution in [0.25, 0.3) is 0 Å². The van der Waals surface area contributed by atoms with Gasteiger partial charge >= 0.3 is 11.9 Å². The highest BCUT2D eigenvalue weighted by molar-refractivity contribution is 5.89. The van der Waals surface area contributed by atoms with Crippen LogP contribution < -0.4 is 0 Å². The molecule has 0 radical (unpaired) electrons. The Balaban J connectivity index is 1.27. The Morgan fingerprint density at radius 1 is 1.03 bits per heavy atom. The third kappa shape index (κ3) is 4.55. The molecule has 9 atom stereocenters. The maximum absolute atomic E-state index is 14.0. The van der Waals surface area contributed by atoms with Gasteiger partial charge in [-0.1, -0.05) is 39.0 Å². The lowest BCUT2D eigenvalue weighted by atomic mass is 9.44. The summed E-state index contributed by atoms with van der Waals surface area (Å²) in [5.41, 5.74) is 0.500. The summed E-state index contributed by atoms with van der Waals surface area (Å²) in [4.78, 5) is 38.4. The van der Waals surface area contributed by atoms with Crippen LogP contribution in [-0.2, 0) is 19.1 Å². The lowest BCUT2D eigenvalue weighted by Gasteiger charge is -2.60. The summed E-state index contributed by atoms with van der Waals surface area (Å²) in [5.74, 6) is 2.79. The zero-order valence-corrected chi connectivity index (χ0v) is 23.0. The first kappa shape index (κ1) is 26.4. The van der Waals surface area contributed by atoms with E-state index in [1.165, 1.54) is 20.0 Å². The number of rotatable bonds is 6. The van der Waals surface area contributed by atoms with Crippen molar-refractivity contribution in [2.75, 3.05) is 7.11 Å². The lowest BCUT2D eigenvalue weighted by Crippen LogP contribution is -2.57. The highest BCUT2D eigenvalue weighted by Crippen LogP contribution is 2.67. The molecule has 37 heavy (non-hydrogen) atoms. The number of hydrogen-bond acceptors (Lipinski definition) is 5. The summed E-state index contributed by atoms with van der Waals surface area (Å²) in [6.45, 7) is 6.93.